The summed E-state index contributed by atoms with van der Waals surface area (Å²) in [6, 6.07) is 1.71. The molecule has 3 heteroatoms. The molecule has 0 amide bonds. The number of thiol groups is 1. The summed E-state index contributed by atoms with van der Waals surface area (Å²) in [6.07, 6.45) is 5.24. The first-order chi connectivity index (χ1) is 5.75. The molecule has 2 nitrogen and oxygen atoms in total. The summed E-state index contributed by atoms with van der Waals surface area (Å²) >= 11 is 3.78. The summed E-state index contributed by atoms with van der Waals surface area (Å²) in [6.45, 7) is 2.07. The van der Waals surface area contributed by atoms with E-state index >= 15 is 0 Å². The quantitative estimate of drug-likeness (QED) is 0.724. The third-order valence-corrected chi connectivity index (χ3v) is 1.89. The number of aromatic nitrogens is 1. The van der Waals surface area contributed by atoms with Crippen molar-refractivity contribution >= 4 is 17.7 Å². The highest BCUT2D eigenvalue weighted by Crippen LogP contribution is 2.11. The van der Waals surface area contributed by atoms with Gasteiger partial charge in [-0.15, -0.1) is 12.6 Å². The molecule has 0 fully saturated rings. The van der Waals surface area contributed by atoms with Crippen LogP contribution in [0.5, 0.6) is 0 Å². The molecule has 0 saturated carbocycles. The molecule has 12 heavy (non-hydrogen) atoms. The standard InChI is InChI=1S/C9H11NOS/c1-2-3-7-6-10-5-4-8(7)9(11)12/h4-6H,2-3H2,1H3,(H,11,12). The lowest BCUT2D eigenvalue weighted by atomic mass is 10.1. The molecule has 1 heterocycles. The van der Waals surface area contributed by atoms with Gasteiger partial charge in [-0.2, -0.15) is 0 Å². The van der Waals surface area contributed by atoms with Gasteiger partial charge >= 0.3 is 0 Å². The highest BCUT2D eigenvalue weighted by molar-refractivity contribution is 7.97. The van der Waals surface area contributed by atoms with Gasteiger partial charge in [-0.25, -0.2) is 0 Å². The molecule has 0 aliphatic heterocycles. The van der Waals surface area contributed by atoms with E-state index in [9.17, 15) is 4.79 Å². The molecule has 64 valence electrons. The van der Waals surface area contributed by atoms with Crippen LogP contribution in [-0.2, 0) is 6.42 Å². The molecule has 0 atom stereocenters. The molecular formula is C9H11NOS. The van der Waals surface area contributed by atoms with Gasteiger partial charge < -0.3 is 0 Å². The Balaban J connectivity index is 3.00. The van der Waals surface area contributed by atoms with Crippen molar-refractivity contribution in [3.05, 3.63) is 29.6 Å². The van der Waals surface area contributed by atoms with E-state index in [2.05, 4.69) is 24.5 Å². The largest absolute Gasteiger partial charge is 0.282 e. The maximum atomic E-state index is 11.0. The predicted octanol–water partition coefficient (Wildman–Crippen LogP) is 2.10. The van der Waals surface area contributed by atoms with E-state index in [1.807, 2.05) is 0 Å². The zero-order valence-corrected chi connectivity index (χ0v) is 7.84. The van der Waals surface area contributed by atoms with Gasteiger partial charge in [-0.3, -0.25) is 9.78 Å². The van der Waals surface area contributed by atoms with Crippen LogP contribution in [-0.4, -0.2) is 10.1 Å². The number of carbonyl (C=O) groups is 1. The van der Waals surface area contributed by atoms with E-state index < -0.39 is 0 Å². The fourth-order valence-corrected chi connectivity index (χ4v) is 1.32. The van der Waals surface area contributed by atoms with Crippen LogP contribution >= 0.6 is 12.6 Å². The predicted molar refractivity (Wildman–Crippen MR) is 51.5 cm³/mol. The van der Waals surface area contributed by atoms with Crippen molar-refractivity contribution in [3.63, 3.8) is 0 Å². The van der Waals surface area contributed by atoms with Crippen molar-refractivity contribution in [2.24, 2.45) is 0 Å². The number of hydrogen-bond acceptors (Lipinski definition) is 2. The summed E-state index contributed by atoms with van der Waals surface area (Å²) in [5, 5.41) is -0.180. The second-order valence-corrected chi connectivity index (χ2v) is 2.99. The Morgan fingerprint density at radius 1 is 1.67 bits per heavy atom. The van der Waals surface area contributed by atoms with Crippen LogP contribution in [0.2, 0.25) is 0 Å². The highest BCUT2D eigenvalue weighted by Gasteiger charge is 2.05. The average Bonchev–Trinajstić information content (AvgIpc) is 2.05. The number of hydrogen-bond donors (Lipinski definition) is 1. The van der Waals surface area contributed by atoms with E-state index in [1.54, 1.807) is 18.5 Å². The van der Waals surface area contributed by atoms with Gasteiger partial charge in [-0.1, -0.05) is 13.3 Å². The number of rotatable bonds is 3. The molecule has 0 bridgehead atoms. The molecule has 1 aromatic rings. The van der Waals surface area contributed by atoms with Crippen LogP contribution in [0.15, 0.2) is 18.5 Å². The molecule has 0 aliphatic carbocycles. The minimum Gasteiger partial charge on any atom is -0.282 e. The highest BCUT2D eigenvalue weighted by atomic mass is 32.1. The van der Waals surface area contributed by atoms with Crippen LogP contribution in [0, 0.1) is 0 Å². The molecule has 0 unspecified atom stereocenters. The number of aryl methyl sites for hydroxylation is 1. The fourth-order valence-electron chi connectivity index (χ4n) is 1.10. The molecule has 0 saturated heterocycles. The Bertz CT molecular complexity index is 286. The van der Waals surface area contributed by atoms with E-state index in [0.29, 0.717) is 5.56 Å². The van der Waals surface area contributed by atoms with E-state index in [0.717, 1.165) is 18.4 Å². The van der Waals surface area contributed by atoms with Crippen LogP contribution < -0.4 is 0 Å². The van der Waals surface area contributed by atoms with E-state index in [4.69, 9.17) is 0 Å². The Hall–Kier alpha value is -0.830. The molecule has 0 aliphatic rings. The summed E-state index contributed by atoms with van der Waals surface area (Å²) in [5.74, 6) is 0. The lowest BCUT2D eigenvalue weighted by molar-refractivity contribution is 0.109. The third kappa shape index (κ3) is 2.08. The van der Waals surface area contributed by atoms with Crippen molar-refractivity contribution in [2.75, 3.05) is 0 Å². The minimum absolute atomic E-state index is 0.180. The van der Waals surface area contributed by atoms with Crippen molar-refractivity contribution in [2.45, 2.75) is 19.8 Å². The zero-order valence-electron chi connectivity index (χ0n) is 6.95. The first kappa shape index (κ1) is 9.26. The second-order valence-electron chi connectivity index (χ2n) is 2.59. The average molecular weight is 181 g/mol. The monoisotopic (exact) mass is 181 g/mol. The van der Waals surface area contributed by atoms with Crippen molar-refractivity contribution in [3.8, 4) is 0 Å². The Morgan fingerprint density at radius 2 is 2.42 bits per heavy atom. The minimum atomic E-state index is -0.180. The molecule has 1 aromatic heterocycles. The second kappa shape index (κ2) is 4.26. The van der Waals surface area contributed by atoms with Gasteiger partial charge in [0.25, 0.3) is 0 Å². The van der Waals surface area contributed by atoms with Gasteiger partial charge in [0.15, 0.2) is 0 Å². The van der Waals surface area contributed by atoms with Gasteiger partial charge in [0.1, 0.15) is 0 Å². The molecule has 0 N–H and O–H groups in total. The number of carbonyl (C=O) groups excluding carboxylic acids is 1. The maximum Gasteiger partial charge on any atom is 0.216 e. The van der Waals surface area contributed by atoms with Gasteiger partial charge in [0.2, 0.25) is 5.12 Å². The molecule has 1 rings (SSSR count). The SMILES string of the molecule is CCCc1cnccc1C(=O)S. The summed E-state index contributed by atoms with van der Waals surface area (Å²) < 4.78 is 0. The Kier molecular flexibility index (Phi) is 3.29. The van der Waals surface area contributed by atoms with E-state index in [1.165, 1.54) is 0 Å². The number of pyridine rings is 1. The van der Waals surface area contributed by atoms with Crippen molar-refractivity contribution in [1.29, 1.82) is 0 Å². The maximum absolute atomic E-state index is 11.0. The molecular weight excluding hydrogens is 170 g/mol. The zero-order chi connectivity index (χ0) is 8.97. The van der Waals surface area contributed by atoms with Crippen molar-refractivity contribution < 1.29 is 4.79 Å². The Labute approximate surface area is 77.4 Å². The topological polar surface area (TPSA) is 30.0 Å². The Morgan fingerprint density at radius 3 is 3.00 bits per heavy atom. The molecule has 0 spiro atoms. The summed E-state index contributed by atoms with van der Waals surface area (Å²) in [4.78, 5) is 14.9. The summed E-state index contributed by atoms with van der Waals surface area (Å²) in [7, 11) is 0. The normalized spacial score (nSPS) is 9.83. The first-order valence-electron chi connectivity index (χ1n) is 3.92. The van der Waals surface area contributed by atoms with Crippen LogP contribution in [0.3, 0.4) is 0 Å². The fraction of sp³-hybridized carbons (Fsp3) is 0.333. The van der Waals surface area contributed by atoms with Crippen molar-refractivity contribution in [1.82, 2.24) is 4.98 Å². The van der Waals surface area contributed by atoms with Crippen LogP contribution in [0.25, 0.3) is 0 Å². The lowest BCUT2D eigenvalue weighted by Crippen LogP contribution is -1.97. The molecule has 0 aromatic carbocycles. The van der Waals surface area contributed by atoms with Gasteiger partial charge in [0, 0.05) is 18.0 Å². The third-order valence-electron chi connectivity index (χ3n) is 1.65. The van der Waals surface area contributed by atoms with Crippen LogP contribution in [0.4, 0.5) is 0 Å². The lowest BCUT2D eigenvalue weighted by Gasteiger charge is -2.02. The van der Waals surface area contributed by atoms with E-state index in [-0.39, 0.29) is 5.12 Å². The molecule has 0 radical (unpaired) electrons. The van der Waals surface area contributed by atoms with Crippen LogP contribution in [0.1, 0.15) is 29.3 Å². The summed E-state index contributed by atoms with van der Waals surface area (Å²) in [5.41, 5.74) is 1.66. The first-order valence-corrected chi connectivity index (χ1v) is 4.36. The van der Waals surface area contributed by atoms with Gasteiger partial charge in [0.05, 0.1) is 0 Å². The van der Waals surface area contributed by atoms with Gasteiger partial charge in [-0.05, 0) is 18.1 Å². The smallest absolute Gasteiger partial charge is 0.216 e. The number of nitrogens with zero attached hydrogens (tertiary/aromatic N) is 1.